The maximum atomic E-state index is 13.7. The second-order valence-corrected chi connectivity index (χ2v) is 11.5. The summed E-state index contributed by atoms with van der Waals surface area (Å²) in [6, 6.07) is 22.2. The monoisotopic (exact) mass is 528 g/mol. The van der Waals surface area contributed by atoms with Crippen molar-refractivity contribution in [1.82, 2.24) is 4.90 Å². The molecule has 3 aliphatic rings. The number of benzene rings is 3. The van der Waals surface area contributed by atoms with Crippen LogP contribution in [0.1, 0.15) is 66.2 Å². The van der Waals surface area contributed by atoms with Crippen LogP contribution in [0, 0.1) is 11.7 Å². The molecule has 0 unspecified atom stereocenters. The molecule has 2 saturated heterocycles. The van der Waals surface area contributed by atoms with E-state index in [4.69, 9.17) is 0 Å². The fourth-order valence-electron chi connectivity index (χ4n) is 7.18. The molecule has 0 spiro atoms. The van der Waals surface area contributed by atoms with Crippen molar-refractivity contribution in [3.8, 4) is 5.75 Å². The molecule has 0 radical (unpaired) electrons. The number of anilines is 1. The van der Waals surface area contributed by atoms with E-state index in [1.54, 1.807) is 18.2 Å². The predicted molar refractivity (Wildman–Crippen MR) is 151 cm³/mol. The van der Waals surface area contributed by atoms with Gasteiger partial charge in [0.1, 0.15) is 11.6 Å². The van der Waals surface area contributed by atoms with Gasteiger partial charge in [0, 0.05) is 30.7 Å². The summed E-state index contributed by atoms with van der Waals surface area (Å²) in [6.45, 7) is 3.80. The molecule has 2 atom stereocenters. The predicted octanol–water partition coefficient (Wildman–Crippen LogP) is 6.16. The molecule has 2 N–H and O–H groups in total. The number of phenols is 1. The number of carboxylic acids is 1. The molecule has 1 aliphatic carbocycles. The molecular formula is C33H37FN2O3. The quantitative estimate of drug-likeness (QED) is 0.415. The Morgan fingerprint density at radius 1 is 0.795 bits per heavy atom. The molecular weight excluding hydrogens is 491 g/mol. The van der Waals surface area contributed by atoms with Crippen LogP contribution in [0.3, 0.4) is 0 Å². The average molecular weight is 529 g/mol. The van der Waals surface area contributed by atoms with Crippen LogP contribution in [-0.4, -0.2) is 53.3 Å². The van der Waals surface area contributed by atoms with Crippen molar-refractivity contribution in [2.75, 3.05) is 31.1 Å². The molecule has 0 aromatic heterocycles. The first kappa shape index (κ1) is 25.9. The number of phenolic OH excluding ortho intramolecular Hbond substituents is 1. The lowest BCUT2D eigenvalue weighted by atomic mass is 9.69. The Balaban J connectivity index is 1.17. The average Bonchev–Trinajstić information content (AvgIpc) is 2.97. The largest absolute Gasteiger partial charge is 0.508 e. The third kappa shape index (κ3) is 5.40. The Kier molecular flexibility index (Phi) is 7.30. The summed E-state index contributed by atoms with van der Waals surface area (Å²) in [5.41, 5.74) is 6.07. The second kappa shape index (κ2) is 11.0. The Morgan fingerprint density at radius 2 is 1.46 bits per heavy atom. The van der Waals surface area contributed by atoms with Crippen molar-refractivity contribution in [1.29, 1.82) is 0 Å². The van der Waals surface area contributed by atoms with Crippen LogP contribution < -0.4 is 4.90 Å². The van der Waals surface area contributed by atoms with Crippen LogP contribution in [0.4, 0.5) is 10.1 Å². The van der Waals surface area contributed by atoms with Crippen LogP contribution in [-0.2, 0) is 11.2 Å². The van der Waals surface area contributed by atoms with Gasteiger partial charge in [0.15, 0.2) is 0 Å². The lowest BCUT2D eigenvalue weighted by Crippen LogP contribution is -2.48. The topological polar surface area (TPSA) is 64.0 Å². The van der Waals surface area contributed by atoms with Gasteiger partial charge in [0.2, 0.25) is 0 Å². The molecule has 0 saturated carbocycles. The Labute approximate surface area is 229 Å². The number of carbonyl (C=O) groups is 1. The highest BCUT2D eigenvalue weighted by atomic mass is 19.1. The number of hydrogen-bond acceptors (Lipinski definition) is 4. The molecule has 3 aromatic rings. The summed E-state index contributed by atoms with van der Waals surface area (Å²) in [6.07, 6.45) is 5.58. The van der Waals surface area contributed by atoms with Gasteiger partial charge in [-0.2, -0.15) is 0 Å². The van der Waals surface area contributed by atoms with Gasteiger partial charge in [-0.1, -0.05) is 30.3 Å². The van der Waals surface area contributed by atoms with E-state index in [0.717, 1.165) is 70.3 Å². The van der Waals surface area contributed by atoms with Crippen molar-refractivity contribution >= 4 is 11.7 Å². The van der Waals surface area contributed by atoms with Crippen LogP contribution in [0.15, 0.2) is 66.7 Å². The van der Waals surface area contributed by atoms with Crippen molar-refractivity contribution < 1.29 is 19.4 Å². The van der Waals surface area contributed by atoms with E-state index < -0.39 is 5.97 Å². The smallest absolute Gasteiger partial charge is 0.306 e. The summed E-state index contributed by atoms with van der Waals surface area (Å²) < 4.78 is 13.7. The standard InChI is InChI=1S/C33H37FN2O3/c34-26-6-1-22(2-7-26)30-11-5-25-21-29(37)10-12-31(25)32(30)23-3-8-27(9-4-23)36-19-15-28(16-20-36)35-17-13-24(14-18-35)33(38)39/h1-4,6-10,12,21,24,28,30,32,37H,5,11,13-20H2,(H,38,39)/t30-,32+/m1/s1. The maximum absolute atomic E-state index is 13.7. The molecule has 6 heteroatoms. The summed E-state index contributed by atoms with van der Waals surface area (Å²) in [5, 5.41) is 19.4. The number of hydrogen-bond donors (Lipinski definition) is 2. The van der Waals surface area contributed by atoms with Crippen molar-refractivity contribution in [2.24, 2.45) is 5.92 Å². The molecule has 2 fully saturated rings. The highest BCUT2D eigenvalue weighted by Crippen LogP contribution is 2.47. The van der Waals surface area contributed by atoms with E-state index in [0.29, 0.717) is 11.8 Å². The first-order valence-corrected chi connectivity index (χ1v) is 14.4. The van der Waals surface area contributed by atoms with Gasteiger partial charge in [-0.05, 0) is 116 Å². The highest BCUT2D eigenvalue weighted by molar-refractivity contribution is 5.70. The lowest BCUT2D eigenvalue weighted by Gasteiger charge is -2.42. The van der Waals surface area contributed by atoms with Gasteiger partial charge < -0.3 is 20.0 Å². The number of piperidine rings is 2. The highest BCUT2D eigenvalue weighted by Gasteiger charge is 2.33. The van der Waals surface area contributed by atoms with E-state index in [1.807, 2.05) is 18.2 Å². The Morgan fingerprint density at radius 3 is 2.13 bits per heavy atom. The third-order valence-corrected chi connectivity index (χ3v) is 9.36. The summed E-state index contributed by atoms with van der Waals surface area (Å²) in [7, 11) is 0. The lowest BCUT2D eigenvalue weighted by molar-refractivity contribution is -0.143. The summed E-state index contributed by atoms with van der Waals surface area (Å²) in [4.78, 5) is 16.3. The zero-order valence-electron chi connectivity index (χ0n) is 22.3. The van der Waals surface area contributed by atoms with E-state index in [1.165, 1.54) is 22.4 Å². The van der Waals surface area contributed by atoms with E-state index in [-0.39, 0.29) is 23.6 Å². The number of likely N-dealkylation sites (tertiary alicyclic amines) is 1. The zero-order valence-corrected chi connectivity index (χ0v) is 22.3. The van der Waals surface area contributed by atoms with Gasteiger partial charge in [0.05, 0.1) is 5.92 Å². The van der Waals surface area contributed by atoms with Crippen LogP contribution in [0.5, 0.6) is 5.75 Å². The van der Waals surface area contributed by atoms with Gasteiger partial charge in [-0.25, -0.2) is 4.39 Å². The fourth-order valence-corrected chi connectivity index (χ4v) is 7.18. The van der Waals surface area contributed by atoms with Crippen LogP contribution in [0.2, 0.25) is 0 Å². The Hall–Kier alpha value is -3.38. The number of carboxylic acid groups (broad SMARTS) is 1. The zero-order chi connectivity index (χ0) is 26.9. The summed E-state index contributed by atoms with van der Waals surface area (Å²) in [5.74, 6) is -0.342. The van der Waals surface area contributed by atoms with Gasteiger partial charge >= 0.3 is 5.97 Å². The van der Waals surface area contributed by atoms with E-state index in [2.05, 4.69) is 40.1 Å². The minimum absolute atomic E-state index is 0.147. The number of nitrogens with zero attached hydrogens (tertiary/aromatic N) is 2. The van der Waals surface area contributed by atoms with Crippen molar-refractivity contribution in [2.45, 2.75) is 56.4 Å². The molecule has 204 valence electrons. The molecule has 2 aliphatic heterocycles. The minimum Gasteiger partial charge on any atom is -0.508 e. The molecule has 6 rings (SSSR count). The molecule has 3 aromatic carbocycles. The normalized spacial score (nSPS) is 22.9. The SMILES string of the molecule is O=C(O)C1CCN(C2CCN(c3ccc([C@@H]4c5ccc(O)cc5CC[C@@H]4c4ccc(F)cc4)cc3)CC2)CC1. The first-order chi connectivity index (χ1) is 19.0. The number of fused-ring (bicyclic) bond motifs is 1. The maximum Gasteiger partial charge on any atom is 0.306 e. The number of halogens is 1. The first-order valence-electron chi connectivity index (χ1n) is 14.4. The summed E-state index contributed by atoms with van der Waals surface area (Å²) >= 11 is 0. The van der Waals surface area contributed by atoms with Crippen molar-refractivity contribution in [3.63, 3.8) is 0 Å². The van der Waals surface area contributed by atoms with E-state index >= 15 is 0 Å². The minimum atomic E-state index is -0.647. The number of aliphatic carboxylic acids is 1. The number of aromatic hydroxyl groups is 1. The van der Waals surface area contributed by atoms with Crippen LogP contribution in [0.25, 0.3) is 0 Å². The van der Waals surface area contributed by atoms with Gasteiger partial charge in [0.25, 0.3) is 0 Å². The van der Waals surface area contributed by atoms with E-state index in [9.17, 15) is 19.4 Å². The van der Waals surface area contributed by atoms with Crippen molar-refractivity contribution in [3.05, 3.63) is 94.8 Å². The molecule has 0 amide bonds. The third-order valence-electron chi connectivity index (χ3n) is 9.36. The Bertz CT molecular complexity index is 1290. The van der Waals surface area contributed by atoms with Gasteiger partial charge in [-0.3, -0.25) is 4.79 Å². The number of rotatable bonds is 5. The fraction of sp³-hybridized carbons (Fsp3) is 0.424. The second-order valence-electron chi connectivity index (χ2n) is 11.5. The van der Waals surface area contributed by atoms with Gasteiger partial charge in [-0.15, -0.1) is 0 Å². The molecule has 2 heterocycles. The molecule has 5 nitrogen and oxygen atoms in total. The number of aryl methyl sites for hydroxylation is 1. The molecule has 39 heavy (non-hydrogen) atoms. The molecule has 0 bridgehead atoms. The van der Waals surface area contributed by atoms with Crippen LogP contribution >= 0.6 is 0 Å².